The molecule has 21 heavy (non-hydrogen) atoms. The van der Waals surface area contributed by atoms with Gasteiger partial charge in [0.05, 0.1) is 65.2 Å². The summed E-state index contributed by atoms with van der Waals surface area (Å²) in [7, 11) is 0. The van der Waals surface area contributed by atoms with Crippen LogP contribution in [0.4, 0.5) is 0 Å². The summed E-state index contributed by atoms with van der Waals surface area (Å²) in [5.74, 6) is 0.703. The average Bonchev–Trinajstić information content (AvgIpc) is 2.46. The Balaban J connectivity index is 2.95. The lowest BCUT2D eigenvalue weighted by molar-refractivity contribution is -0.0135. The van der Waals surface area contributed by atoms with E-state index in [0.717, 1.165) is 6.61 Å². The molecule has 0 aliphatic carbocycles. The first-order valence-corrected chi connectivity index (χ1v) is 7.44. The van der Waals surface area contributed by atoms with Gasteiger partial charge >= 0.3 is 0 Å². The van der Waals surface area contributed by atoms with E-state index in [2.05, 4.69) is 6.58 Å². The summed E-state index contributed by atoms with van der Waals surface area (Å²) >= 11 is 0. The van der Waals surface area contributed by atoms with Crippen molar-refractivity contribution < 1.29 is 28.4 Å². The van der Waals surface area contributed by atoms with Gasteiger partial charge < -0.3 is 28.4 Å². The van der Waals surface area contributed by atoms with E-state index in [1.54, 1.807) is 0 Å². The van der Waals surface area contributed by atoms with Gasteiger partial charge in [-0.25, -0.2) is 0 Å². The molecule has 0 rings (SSSR count). The zero-order chi connectivity index (χ0) is 15.6. The predicted molar refractivity (Wildman–Crippen MR) is 80.5 cm³/mol. The molecule has 0 saturated carbocycles. The molecule has 0 radical (unpaired) electrons. The third-order valence-electron chi connectivity index (χ3n) is 2.27. The molecule has 0 saturated heterocycles. The normalized spacial score (nSPS) is 10.8. The van der Waals surface area contributed by atoms with Crippen LogP contribution < -0.4 is 0 Å². The Labute approximate surface area is 128 Å². The Kier molecular flexibility index (Phi) is 16.8. The van der Waals surface area contributed by atoms with Crippen LogP contribution in [-0.4, -0.2) is 72.7 Å². The van der Waals surface area contributed by atoms with Crippen LogP contribution in [-0.2, 0) is 28.4 Å². The van der Waals surface area contributed by atoms with E-state index in [9.17, 15) is 0 Å². The lowest BCUT2D eigenvalue weighted by Crippen LogP contribution is -2.13. The minimum Gasteiger partial charge on any atom is -0.496 e. The molecule has 0 aromatic rings. The molecular formula is C15H30O6. The lowest BCUT2D eigenvalue weighted by Gasteiger charge is -2.08. The van der Waals surface area contributed by atoms with Crippen molar-refractivity contribution in [1.82, 2.24) is 0 Å². The zero-order valence-electron chi connectivity index (χ0n) is 13.4. The monoisotopic (exact) mass is 306 g/mol. The molecule has 0 bridgehead atoms. The van der Waals surface area contributed by atoms with Crippen LogP contribution in [0.25, 0.3) is 0 Å². The summed E-state index contributed by atoms with van der Waals surface area (Å²) < 4.78 is 31.6. The molecule has 0 aromatic carbocycles. The van der Waals surface area contributed by atoms with Crippen molar-refractivity contribution in [2.75, 3.05) is 72.7 Å². The molecule has 0 heterocycles. The van der Waals surface area contributed by atoms with Crippen LogP contribution in [0.1, 0.15) is 13.8 Å². The number of hydrogen-bond donors (Lipinski definition) is 0. The van der Waals surface area contributed by atoms with Crippen LogP contribution in [0.15, 0.2) is 12.3 Å². The van der Waals surface area contributed by atoms with E-state index in [0.29, 0.717) is 71.8 Å². The molecule has 0 amide bonds. The highest BCUT2D eigenvalue weighted by Crippen LogP contribution is 1.89. The maximum atomic E-state index is 5.35. The molecule has 126 valence electrons. The minimum absolute atomic E-state index is 0.530. The fourth-order valence-corrected chi connectivity index (χ4v) is 1.30. The Morgan fingerprint density at radius 2 is 0.952 bits per heavy atom. The standard InChI is InChI=1S/C15H30O6/c1-4-16-5-6-17-7-8-18-9-10-19-11-12-20-13-14-21-15(2)3/h2,4-14H2,1,3H3. The van der Waals surface area contributed by atoms with Gasteiger partial charge in [-0.3, -0.25) is 0 Å². The molecule has 0 aliphatic rings. The fourth-order valence-electron chi connectivity index (χ4n) is 1.30. The molecular weight excluding hydrogens is 276 g/mol. The Bertz CT molecular complexity index is 222. The smallest absolute Gasteiger partial charge is 0.111 e. The number of ether oxygens (including phenoxy) is 6. The van der Waals surface area contributed by atoms with Gasteiger partial charge in [-0.15, -0.1) is 0 Å². The first-order chi connectivity index (χ1) is 10.3. The van der Waals surface area contributed by atoms with Gasteiger partial charge in [0.2, 0.25) is 0 Å². The Morgan fingerprint density at radius 1 is 0.619 bits per heavy atom. The molecule has 0 N–H and O–H groups in total. The first-order valence-electron chi connectivity index (χ1n) is 7.44. The second-order valence-electron chi connectivity index (χ2n) is 4.20. The molecule has 0 spiro atoms. The van der Waals surface area contributed by atoms with Gasteiger partial charge in [-0.2, -0.15) is 0 Å². The Hall–Kier alpha value is -0.660. The quantitative estimate of drug-likeness (QED) is 0.301. The van der Waals surface area contributed by atoms with Gasteiger partial charge in [0.15, 0.2) is 0 Å². The maximum absolute atomic E-state index is 5.35. The van der Waals surface area contributed by atoms with Crippen molar-refractivity contribution in [3.05, 3.63) is 12.3 Å². The minimum atomic E-state index is 0.530. The van der Waals surface area contributed by atoms with Gasteiger partial charge in [-0.1, -0.05) is 6.58 Å². The van der Waals surface area contributed by atoms with Gasteiger partial charge in [0, 0.05) is 6.61 Å². The third kappa shape index (κ3) is 19.3. The summed E-state index contributed by atoms with van der Waals surface area (Å²) in [4.78, 5) is 0. The number of rotatable bonds is 17. The lowest BCUT2D eigenvalue weighted by atomic mass is 10.6. The van der Waals surface area contributed by atoms with E-state index in [1.807, 2.05) is 13.8 Å². The van der Waals surface area contributed by atoms with Crippen molar-refractivity contribution in [3.8, 4) is 0 Å². The van der Waals surface area contributed by atoms with E-state index in [4.69, 9.17) is 28.4 Å². The third-order valence-corrected chi connectivity index (χ3v) is 2.27. The molecule has 6 nitrogen and oxygen atoms in total. The second-order valence-corrected chi connectivity index (χ2v) is 4.20. The van der Waals surface area contributed by atoms with Gasteiger partial charge in [0.1, 0.15) is 6.61 Å². The maximum Gasteiger partial charge on any atom is 0.111 e. The SMILES string of the molecule is C=C(C)OCCOCCOCCOCCOCCOCC. The van der Waals surface area contributed by atoms with Crippen molar-refractivity contribution in [3.63, 3.8) is 0 Å². The zero-order valence-corrected chi connectivity index (χ0v) is 13.4. The summed E-state index contributed by atoms with van der Waals surface area (Å²) in [5, 5.41) is 0. The van der Waals surface area contributed by atoms with Crippen LogP contribution in [0, 0.1) is 0 Å². The summed E-state index contributed by atoms with van der Waals surface area (Å²) in [6.07, 6.45) is 0. The second kappa shape index (κ2) is 17.4. The summed E-state index contributed by atoms with van der Waals surface area (Å²) in [5.41, 5.74) is 0. The first kappa shape index (κ1) is 20.3. The fraction of sp³-hybridized carbons (Fsp3) is 0.867. The molecule has 0 fully saturated rings. The van der Waals surface area contributed by atoms with Crippen molar-refractivity contribution in [2.45, 2.75) is 13.8 Å². The van der Waals surface area contributed by atoms with E-state index >= 15 is 0 Å². The van der Waals surface area contributed by atoms with Crippen molar-refractivity contribution in [2.24, 2.45) is 0 Å². The van der Waals surface area contributed by atoms with Gasteiger partial charge in [0.25, 0.3) is 0 Å². The van der Waals surface area contributed by atoms with Crippen LogP contribution in [0.5, 0.6) is 0 Å². The summed E-state index contributed by atoms with van der Waals surface area (Å²) in [6.45, 7) is 13.8. The Morgan fingerprint density at radius 3 is 1.29 bits per heavy atom. The summed E-state index contributed by atoms with van der Waals surface area (Å²) in [6, 6.07) is 0. The number of allylic oxidation sites excluding steroid dienone is 1. The number of hydrogen-bond acceptors (Lipinski definition) is 6. The van der Waals surface area contributed by atoms with E-state index in [-0.39, 0.29) is 0 Å². The molecule has 0 unspecified atom stereocenters. The average molecular weight is 306 g/mol. The molecule has 6 heteroatoms. The topological polar surface area (TPSA) is 55.4 Å². The van der Waals surface area contributed by atoms with Crippen LogP contribution in [0.3, 0.4) is 0 Å². The molecule has 0 aromatic heterocycles. The highest BCUT2D eigenvalue weighted by molar-refractivity contribution is 4.72. The van der Waals surface area contributed by atoms with E-state index in [1.165, 1.54) is 0 Å². The van der Waals surface area contributed by atoms with Crippen LogP contribution >= 0.6 is 0 Å². The molecule has 0 aliphatic heterocycles. The highest BCUT2D eigenvalue weighted by atomic mass is 16.6. The van der Waals surface area contributed by atoms with Crippen molar-refractivity contribution >= 4 is 0 Å². The molecule has 0 atom stereocenters. The highest BCUT2D eigenvalue weighted by Gasteiger charge is 1.93. The van der Waals surface area contributed by atoms with Crippen LogP contribution in [0.2, 0.25) is 0 Å². The van der Waals surface area contributed by atoms with Crippen molar-refractivity contribution in [1.29, 1.82) is 0 Å². The van der Waals surface area contributed by atoms with Gasteiger partial charge in [-0.05, 0) is 13.8 Å². The predicted octanol–water partition coefficient (Wildman–Crippen LogP) is 1.64. The largest absolute Gasteiger partial charge is 0.496 e. The van der Waals surface area contributed by atoms with E-state index < -0.39 is 0 Å².